The Morgan fingerprint density at radius 2 is 2.42 bits per heavy atom. The number of rotatable bonds is 2. The quantitative estimate of drug-likeness (QED) is 0.554. The Hall–Kier alpha value is -0.850. The van der Waals surface area contributed by atoms with E-state index in [0.29, 0.717) is 5.92 Å². The van der Waals surface area contributed by atoms with Crippen LogP contribution in [0.5, 0.6) is 0 Å². The molecule has 0 amide bonds. The smallest absolute Gasteiger partial charge is 0.0614 e. The van der Waals surface area contributed by atoms with Gasteiger partial charge < -0.3 is 0 Å². The third kappa shape index (κ3) is 2.07. The largest absolute Gasteiger partial charge is 0.261 e. The van der Waals surface area contributed by atoms with Gasteiger partial charge in [-0.2, -0.15) is 0 Å². The molecule has 1 heteroatoms. The predicted molar refractivity (Wildman–Crippen MR) is 54.4 cm³/mol. The highest BCUT2D eigenvalue weighted by molar-refractivity contribution is 5.59. The van der Waals surface area contributed by atoms with Gasteiger partial charge in [0.05, 0.1) is 5.70 Å². The molecule has 1 aliphatic carbocycles. The zero-order chi connectivity index (χ0) is 8.97. The zero-order valence-electron chi connectivity index (χ0n) is 8.17. The third-order valence-electron chi connectivity index (χ3n) is 2.32. The lowest BCUT2D eigenvalue weighted by Crippen LogP contribution is -2.01. The van der Waals surface area contributed by atoms with E-state index < -0.39 is 0 Å². The van der Waals surface area contributed by atoms with E-state index in [4.69, 9.17) is 0 Å². The number of nitrogens with zero attached hydrogens (tertiary/aromatic N) is 1. The molecule has 0 aromatic heterocycles. The van der Waals surface area contributed by atoms with Crippen LogP contribution in [-0.2, 0) is 0 Å². The minimum absolute atomic E-state index is 0.666. The van der Waals surface area contributed by atoms with Gasteiger partial charge in [-0.3, -0.25) is 4.99 Å². The molecule has 1 aliphatic rings. The average Bonchev–Trinajstić information content (AvgIpc) is 2.08. The molecule has 1 rings (SSSR count). The van der Waals surface area contributed by atoms with E-state index >= 15 is 0 Å². The van der Waals surface area contributed by atoms with Crippen molar-refractivity contribution in [3.05, 3.63) is 23.4 Å². The molecule has 1 atom stereocenters. The molecular weight excluding hydrogens is 146 g/mol. The summed E-state index contributed by atoms with van der Waals surface area (Å²) < 4.78 is 0. The van der Waals surface area contributed by atoms with Crippen LogP contribution in [-0.4, -0.2) is 6.21 Å². The van der Waals surface area contributed by atoms with Crippen LogP contribution in [0.2, 0.25) is 0 Å². The van der Waals surface area contributed by atoms with Crippen molar-refractivity contribution in [2.24, 2.45) is 10.9 Å². The van der Waals surface area contributed by atoms with Crippen LogP contribution in [0.25, 0.3) is 0 Å². The fourth-order valence-corrected chi connectivity index (χ4v) is 1.28. The molecule has 0 saturated heterocycles. The van der Waals surface area contributed by atoms with Crippen molar-refractivity contribution < 1.29 is 0 Å². The Labute approximate surface area is 74.9 Å². The van der Waals surface area contributed by atoms with Crippen molar-refractivity contribution >= 4 is 6.21 Å². The summed E-state index contributed by atoms with van der Waals surface area (Å²) in [6.45, 7) is 6.53. The standard InChI is InChI=1S/C11H17N/c1-4-8-12-11-7-5-6-9(2)10(11)3/h5,7-9H,4,6H2,1-3H3. The summed E-state index contributed by atoms with van der Waals surface area (Å²) in [5, 5.41) is 0. The zero-order valence-corrected chi connectivity index (χ0v) is 8.17. The maximum absolute atomic E-state index is 4.40. The van der Waals surface area contributed by atoms with Crippen molar-refractivity contribution in [3.8, 4) is 0 Å². The van der Waals surface area contributed by atoms with Gasteiger partial charge in [0.15, 0.2) is 0 Å². The second-order valence-corrected chi connectivity index (χ2v) is 3.33. The fraction of sp³-hybridized carbons (Fsp3) is 0.545. The molecule has 12 heavy (non-hydrogen) atoms. The van der Waals surface area contributed by atoms with Crippen LogP contribution in [0.3, 0.4) is 0 Å². The lowest BCUT2D eigenvalue weighted by molar-refractivity contribution is 0.676. The molecule has 0 aromatic rings. The maximum atomic E-state index is 4.40. The molecule has 0 saturated carbocycles. The first-order valence-electron chi connectivity index (χ1n) is 4.65. The molecule has 0 N–H and O–H groups in total. The molecule has 0 aliphatic heterocycles. The van der Waals surface area contributed by atoms with Gasteiger partial charge in [0.25, 0.3) is 0 Å². The summed E-state index contributed by atoms with van der Waals surface area (Å²) >= 11 is 0. The predicted octanol–water partition coefficient (Wildman–Crippen LogP) is 3.34. The summed E-state index contributed by atoms with van der Waals surface area (Å²) in [6.07, 6.45) is 8.48. The van der Waals surface area contributed by atoms with Gasteiger partial charge in [0, 0.05) is 6.21 Å². The molecule has 1 nitrogen and oxygen atoms in total. The second-order valence-electron chi connectivity index (χ2n) is 3.33. The Morgan fingerprint density at radius 3 is 3.08 bits per heavy atom. The molecule has 0 heterocycles. The number of hydrogen-bond donors (Lipinski definition) is 0. The topological polar surface area (TPSA) is 12.4 Å². The molecular formula is C11H17N. The molecule has 0 spiro atoms. The minimum atomic E-state index is 0.666. The fourth-order valence-electron chi connectivity index (χ4n) is 1.28. The van der Waals surface area contributed by atoms with E-state index in [-0.39, 0.29) is 0 Å². The van der Waals surface area contributed by atoms with Crippen molar-refractivity contribution in [3.63, 3.8) is 0 Å². The monoisotopic (exact) mass is 163 g/mol. The van der Waals surface area contributed by atoms with Gasteiger partial charge in [-0.05, 0) is 37.3 Å². The van der Waals surface area contributed by atoms with Gasteiger partial charge >= 0.3 is 0 Å². The van der Waals surface area contributed by atoms with Crippen LogP contribution in [0.1, 0.15) is 33.6 Å². The van der Waals surface area contributed by atoms with E-state index in [9.17, 15) is 0 Å². The van der Waals surface area contributed by atoms with Gasteiger partial charge in [0.1, 0.15) is 0 Å². The lowest BCUT2D eigenvalue weighted by Gasteiger charge is -2.15. The van der Waals surface area contributed by atoms with Crippen LogP contribution in [0.15, 0.2) is 28.4 Å². The van der Waals surface area contributed by atoms with Crippen molar-refractivity contribution in [2.75, 3.05) is 0 Å². The van der Waals surface area contributed by atoms with Gasteiger partial charge in [-0.15, -0.1) is 0 Å². The van der Waals surface area contributed by atoms with Crippen molar-refractivity contribution in [1.82, 2.24) is 0 Å². The normalized spacial score (nSPS) is 24.1. The van der Waals surface area contributed by atoms with E-state index in [1.807, 2.05) is 6.21 Å². The molecule has 0 bridgehead atoms. The van der Waals surface area contributed by atoms with Crippen LogP contribution >= 0.6 is 0 Å². The molecule has 1 unspecified atom stereocenters. The van der Waals surface area contributed by atoms with Gasteiger partial charge in [-0.1, -0.05) is 19.9 Å². The summed E-state index contributed by atoms with van der Waals surface area (Å²) in [5.74, 6) is 0.666. The summed E-state index contributed by atoms with van der Waals surface area (Å²) in [5.41, 5.74) is 2.58. The first kappa shape index (κ1) is 9.24. The van der Waals surface area contributed by atoms with Gasteiger partial charge in [-0.25, -0.2) is 0 Å². The molecule has 66 valence electrons. The third-order valence-corrected chi connectivity index (χ3v) is 2.32. The van der Waals surface area contributed by atoms with Crippen LogP contribution in [0.4, 0.5) is 0 Å². The number of aliphatic imine (C=N–C) groups is 1. The minimum Gasteiger partial charge on any atom is -0.261 e. The molecule has 0 radical (unpaired) electrons. The molecule has 0 fully saturated rings. The first-order chi connectivity index (χ1) is 5.75. The highest BCUT2D eigenvalue weighted by Gasteiger charge is 2.09. The highest BCUT2D eigenvalue weighted by Crippen LogP contribution is 2.24. The highest BCUT2D eigenvalue weighted by atomic mass is 14.7. The Morgan fingerprint density at radius 1 is 1.67 bits per heavy atom. The Bertz CT molecular complexity index is 233. The van der Waals surface area contributed by atoms with E-state index in [1.54, 1.807) is 0 Å². The maximum Gasteiger partial charge on any atom is 0.0614 e. The average molecular weight is 163 g/mol. The van der Waals surface area contributed by atoms with Gasteiger partial charge in [0.2, 0.25) is 0 Å². The van der Waals surface area contributed by atoms with Crippen LogP contribution in [0, 0.1) is 5.92 Å². The second kappa shape index (κ2) is 4.24. The summed E-state index contributed by atoms with van der Waals surface area (Å²) in [7, 11) is 0. The number of allylic oxidation sites excluding steroid dienone is 3. The van der Waals surface area contributed by atoms with Crippen LogP contribution < -0.4 is 0 Å². The summed E-state index contributed by atoms with van der Waals surface area (Å²) in [4.78, 5) is 4.40. The SMILES string of the molecule is CCC=NC1=C(C)C(C)CC=C1. The number of hydrogen-bond acceptors (Lipinski definition) is 1. The van der Waals surface area contributed by atoms with E-state index in [1.165, 1.54) is 5.57 Å². The van der Waals surface area contributed by atoms with Crippen molar-refractivity contribution in [1.29, 1.82) is 0 Å². The Balaban J connectivity index is 2.79. The molecule has 0 aromatic carbocycles. The van der Waals surface area contributed by atoms with Crippen molar-refractivity contribution in [2.45, 2.75) is 33.6 Å². The van der Waals surface area contributed by atoms with E-state index in [2.05, 4.69) is 37.9 Å². The van der Waals surface area contributed by atoms with E-state index in [0.717, 1.165) is 18.5 Å². The summed E-state index contributed by atoms with van der Waals surface area (Å²) in [6, 6.07) is 0. The Kier molecular flexibility index (Phi) is 3.27. The first-order valence-corrected chi connectivity index (χ1v) is 4.65. The lowest BCUT2D eigenvalue weighted by atomic mass is 9.93.